The maximum atomic E-state index is 13.0. The van der Waals surface area contributed by atoms with Crippen molar-refractivity contribution in [2.24, 2.45) is 0 Å². The number of nitrogens with one attached hydrogen (secondary N) is 2. The van der Waals surface area contributed by atoms with Gasteiger partial charge in [0.15, 0.2) is 11.5 Å². The lowest BCUT2D eigenvalue weighted by atomic mass is 10.1. The molecule has 0 unspecified atom stereocenters. The third-order valence-corrected chi connectivity index (χ3v) is 5.11. The Hall–Kier alpha value is -3.81. The predicted octanol–water partition coefficient (Wildman–Crippen LogP) is 4.32. The third-order valence-electron chi connectivity index (χ3n) is 5.11. The summed E-state index contributed by atoms with van der Waals surface area (Å²) >= 11 is 0. The molecule has 0 radical (unpaired) electrons. The Kier molecular flexibility index (Phi) is 11.3. The standard InChI is InChI=1S/C27H34N2O6/c1-4-34-23-15-14-20(18-24(23)35-5-2)17-22(27(33)28-16-10-6-7-13-25(30)31)29-26(32)21-12-9-8-11-19(21)3/h8-9,11-12,14-15,17-18H,4-7,10,13,16H2,1-3H3,(H,28,33)(H,29,32)(H,30,31). The number of rotatable bonds is 14. The summed E-state index contributed by atoms with van der Waals surface area (Å²) in [4.78, 5) is 36.5. The van der Waals surface area contributed by atoms with Crippen molar-refractivity contribution in [2.75, 3.05) is 19.8 Å². The van der Waals surface area contributed by atoms with Gasteiger partial charge in [0.05, 0.1) is 13.2 Å². The number of carboxylic acid groups (broad SMARTS) is 1. The fourth-order valence-electron chi connectivity index (χ4n) is 3.38. The first kappa shape index (κ1) is 27.4. The summed E-state index contributed by atoms with van der Waals surface area (Å²) in [6, 6.07) is 12.4. The van der Waals surface area contributed by atoms with Crippen molar-refractivity contribution >= 4 is 23.9 Å². The number of carboxylic acids is 1. The van der Waals surface area contributed by atoms with E-state index >= 15 is 0 Å². The Morgan fingerprint density at radius 1 is 0.943 bits per heavy atom. The third kappa shape index (κ3) is 9.16. The van der Waals surface area contributed by atoms with Gasteiger partial charge in [-0.05, 0) is 69.0 Å². The lowest BCUT2D eigenvalue weighted by molar-refractivity contribution is -0.137. The van der Waals surface area contributed by atoms with Gasteiger partial charge in [-0.25, -0.2) is 0 Å². The first-order chi connectivity index (χ1) is 16.8. The molecule has 188 valence electrons. The second-order valence-electron chi connectivity index (χ2n) is 7.86. The van der Waals surface area contributed by atoms with Crippen LogP contribution in [-0.2, 0) is 9.59 Å². The van der Waals surface area contributed by atoms with E-state index in [4.69, 9.17) is 14.6 Å². The maximum absolute atomic E-state index is 13.0. The molecule has 0 spiro atoms. The Balaban J connectivity index is 2.23. The van der Waals surface area contributed by atoms with Crippen molar-refractivity contribution in [3.63, 3.8) is 0 Å². The summed E-state index contributed by atoms with van der Waals surface area (Å²) in [5.41, 5.74) is 2.02. The van der Waals surface area contributed by atoms with E-state index in [2.05, 4.69) is 10.6 Å². The molecule has 0 heterocycles. The van der Waals surface area contributed by atoms with Crippen LogP contribution in [0.4, 0.5) is 0 Å². The van der Waals surface area contributed by atoms with Gasteiger partial charge in [-0.2, -0.15) is 0 Å². The number of aryl methyl sites for hydroxylation is 1. The lowest BCUT2D eigenvalue weighted by Crippen LogP contribution is -2.35. The Morgan fingerprint density at radius 2 is 1.66 bits per heavy atom. The van der Waals surface area contributed by atoms with Crippen molar-refractivity contribution in [3.8, 4) is 11.5 Å². The van der Waals surface area contributed by atoms with Crippen LogP contribution in [0.15, 0.2) is 48.2 Å². The van der Waals surface area contributed by atoms with E-state index in [0.29, 0.717) is 61.6 Å². The first-order valence-electron chi connectivity index (χ1n) is 11.8. The molecule has 0 fully saturated rings. The van der Waals surface area contributed by atoms with Gasteiger partial charge in [0, 0.05) is 18.5 Å². The molecule has 0 saturated heterocycles. The normalized spacial score (nSPS) is 11.0. The van der Waals surface area contributed by atoms with Crippen molar-refractivity contribution in [1.82, 2.24) is 10.6 Å². The van der Waals surface area contributed by atoms with Crippen molar-refractivity contribution in [2.45, 2.75) is 46.5 Å². The number of amides is 2. The molecule has 0 aliphatic carbocycles. The van der Waals surface area contributed by atoms with Crippen LogP contribution in [0.5, 0.6) is 11.5 Å². The Labute approximate surface area is 206 Å². The molecule has 0 saturated carbocycles. The summed E-state index contributed by atoms with van der Waals surface area (Å²) in [5, 5.41) is 14.3. The van der Waals surface area contributed by atoms with Crippen LogP contribution in [0.2, 0.25) is 0 Å². The number of hydrogen-bond acceptors (Lipinski definition) is 5. The molecule has 0 aromatic heterocycles. The van der Waals surface area contributed by atoms with Crippen LogP contribution in [-0.4, -0.2) is 42.6 Å². The number of carbonyl (C=O) groups excluding carboxylic acids is 2. The number of benzene rings is 2. The summed E-state index contributed by atoms with van der Waals surface area (Å²) in [6.07, 6.45) is 3.55. The fraction of sp³-hybridized carbons (Fsp3) is 0.370. The van der Waals surface area contributed by atoms with Crippen LogP contribution in [0.1, 0.15) is 61.0 Å². The quantitative estimate of drug-likeness (QED) is 0.273. The van der Waals surface area contributed by atoms with Crippen LogP contribution in [0, 0.1) is 6.92 Å². The van der Waals surface area contributed by atoms with Crippen LogP contribution in [0.25, 0.3) is 6.08 Å². The molecule has 2 rings (SSSR count). The van der Waals surface area contributed by atoms with Gasteiger partial charge in [0.2, 0.25) is 0 Å². The van der Waals surface area contributed by atoms with Crippen LogP contribution in [0.3, 0.4) is 0 Å². The molecule has 0 atom stereocenters. The predicted molar refractivity (Wildman–Crippen MR) is 135 cm³/mol. The summed E-state index contributed by atoms with van der Waals surface area (Å²) < 4.78 is 11.3. The number of aliphatic carboxylic acids is 1. The average molecular weight is 483 g/mol. The molecule has 0 bridgehead atoms. The summed E-state index contributed by atoms with van der Waals surface area (Å²) in [5.74, 6) is -0.506. The van der Waals surface area contributed by atoms with Crippen molar-refractivity contribution in [1.29, 1.82) is 0 Å². The van der Waals surface area contributed by atoms with Crippen LogP contribution >= 0.6 is 0 Å². The Morgan fingerprint density at radius 3 is 2.34 bits per heavy atom. The largest absolute Gasteiger partial charge is 0.490 e. The van der Waals surface area contributed by atoms with E-state index in [1.165, 1.54) is 0 Å². The van der Waals surface area contributed by atoms with Crippen molar-refractivity contribution < 1.29 is 29.0 Å². The zero-order valence-electron chi connectivity index (χ0n) is 20.6. The molecule has 0 aliphatic rings. The van der Waals surface area contributed by atoms with E-state index in [0.717, 1.165) is 5.56 Å². The van der Waals surface area contributed by atoms with Gasteiger partial charge in [-0.1, -0.05) is 30.7 Å². The molecule has 2 amide bonds. The number of unbranched alkanes of at least 4 members (excludes halogenated alkanes) is 2. The highest BCUT2D eigenvalue weighted by Gasteiger charge is 2.16. The second-order valence-corrected chi connectivity index (χ2v) is 7.86. The summed E-state index contributed by atoms with van der Waals surface area (Å²) in [6.45, 7) is 6.89. The van der Waals surface area contributed by atoms with Gasteiger partial charge in [-0.3, -0.25) is 14.4 Å². The monoisotopic (exact) mass is 482 g/mol. The summed E-state index contributed by atoms with van der Waals surface area (Å²) in [7, 11) is 0. The second kappa shape index (κ2) is 14.5. The molecule has 8 heteroatoms. The highest BCUT2D eigenvalue weighted by molar-refractivity contribution is 6.05. The Bertz CT molecular complexity index is 1050. The fourth-order valence-corrected chi connectivity index (χ4v) is 3.38. The number of ether oxygens (including phenoxy) is 2. The van der Waals surface area contributed by atoms with E-state index in [1.807, 2.05) is 32.9 Å². The molecule has 8 nitrogen and oxygen atoms in total. The van der Waals surface area contributed by atoms with Crippen molar-refractivity contribution in [3.05, 3.63) is 64.9 Å². The number of carbonyl (C=O) groups is 3. The van der Waals surface area contributed by atoms with Gasteiger partial charge in [0.1, 0.15) is 5.70 Å². The molecule has 2 aromatic carbocycles. The molecule has 2 aromatic rings. The first-order valence-corrected chi connectivity index (χ1v) is 11.8. The van der Waals surface area contributed by atoms with E-state index in [1.54, 1.807) is 36.4 Å². The lowest BCUT2D eigenvalue weighted by Gasteiger charge is -2.14. The maximum Gasteiger partial charge on any atom is 0.303 e. The topological polar surface area (TPSA) is 114 Å². The highest BCUT2D eigenvalue weighted by Crippen LogP contribution is 2.29. The molecular weight excluding hydrogens is 448 g/mol. The average Bonchev–Trinajstić information content (AvgIpc) is 2.82. The smallest absolute Gasteiger partial charge is 0.303 e. The van der Waals surface area contributed by atoms with Gasteiger partial charge < -0.3 is 25.2 Å². The molecule has 3 N–H and O–H groups in total. The highest BCUT2D eigenvalue weighted by atomic mass is 16.5. The van der Waals surface area contributed by atoms with Gasteiger partial charge in [0.25, 0.3) is 11.8 Å². The van der Waals surface area contributed by atoms with Gasteiger partial charge in [-0.15, -0.1) is 0 Å². The zero-order chi connectivity index (χ0) is 25.6. The minimum Gasteiger partial charge on any atom is -0.490 e. The number of hydrogen-bond donors (Lipinski definition) is 3. The molecular formula is C27H34N2O6. The van der Waals surface area contributed by atoms with E-state index in [-0.39, 0.29) is 18.0 Å². The van der Waals surface area contributed by atoms with Crippen LogP contribution < -0.4 is 20.1 Å². The molecule has 0 aliphatic heterocycles. The SMILES string of the molecule is CCOc1ccc(C=C(NC(=O)c2ccccc2C)C(=O)NCCCCCC(=O)O)cc1OCC. The minimum atomic E-state index is -0.833. The zero-order valence-corrected chi connectivity index (χ0v) is 20.6. The van der Waals surface area contributed by atoms with E-state index in [9.17, 15) is 14.4 Å². The molecule has 35 heavy (non-hydrogen) atoms. The van der Waals surface area contributed by atoms with E-state index < -0.39 is 11.9 Å². The minimum absolute atomic E-state index is 0.0930. The van der Waals surface area contributed by atoms with Gasteiger partial charge >= 0.3 is 5.97 Å².